The summed E-state index contributed by atoms with van der Waals surface area (Å²) in [4.78, 5) is 20.0. The molecule has 8 heteroatoms. The van der Waals surface area contributed by atoms with Gasteiger partial charge in [0.2, 0.25) is 0 Å². The molecule has 1 N–H and O–H groups in total. The van der Waals surface area contributed by atoms with Gasteiger partial charge in [-0.1, -0.05) is 7.43 Å². The van der Waals surface area contributed by atoms with Crippen LogP contribution in [0, 0.1) is 13.8 Å². The van der Waals surface area contributed by atoms with Gasteiger partial charge in [0.1, 0.15) is 11.5 Å². The van der Waals surface area contributed by atoms with Crippen molar-refractivity contribution in [1.82, 2.24) is 29.7 Å². The van der Waals surface area contributed by atoms with Gasteiger partial charge in [0.05, 0.1) is 30.6 Å². The molecule has 0 unspecified atom stereocenters. The summed E-state index contributed by atoms with van der Waals surface area (Å²) < 4.78 is 7.74. The number of hydrogen-bond donors (Lipinski definition) is 1. The molecule has 0 spiro atoms. The molecule has 0 bridgehead atoms. The average Bonchev–Trinajstić information content (AvgIpc) is 3.37. The number of aromatic nitrogens is 6. The zero-order valence-corrected chi connectivity index (χ0v) is 19.3. The molecule has 33 heavy (non-hydrogen) atoms. The highest BCUT2D eigenvalue weighted by molar-refractivity contribution is 5.91. The van der Waals surface area contributed by atoms with Crippen LogP contribution in [0.4, 0.5) is 5.82 Å². The molecule has 1 aliphatic rings. The van der Waals surface area contributed by atoms with Crippen LogP contribution in [0.1, 0.15) is 45.6 Å². The van der Waals surface area contributed by atoms with Crippen molar-refractivity contribution in [1.29, 1.82) is 0 Å². The summed E-state index contributed by atoms with van der Waals surface area (Å²) in [5.74, 6) is 1.61. The van der Waals surface area contributed by atoms with Gasteiger partial charge in [-0.3, -0.25) is 4.68 Å². The van der Waals surface area contributed by atoms with E-state index in [1.165, 1.54) is 0 Å². The van der Waals surface area contributed by atoms with Crippen molar-refractivity contribution in [2.45, 2.75) is 54.1 Å². The van der Waals surface area contributed by atoms with E-state index in [-0.39, 0.29) is 19.5 Å². The van der Waals surface area contributed by atoms with Crippen LogP contribution >= 0.6 is 0 Å². The molecule has 1 saturated heterocycles. The number of rotatable bonds is 4. The summed E-state index contributed by atoms with van der Waals surface area (Å²) in [5, 5.41) is 5.81. The fourth-order valence-corrected chi connectivity index (χ4v) is 4.59. The summed E-state index contributed by atoms with van der Waals surface area (Å²) in [6, 6.07) is 6.63. The van der Waals surface area contributed by atoms with Gasteiger partial charge in [-0.25, -0.2) is 15.0 Å². The van der Waals surface area contributed by atoms with Gasteiger partial charge in [-0.15, -0.1) is 0 Å². The molecular weight excluding hydrogens is 414 g/mol. The molecule has 0 aromatic carbocycles. The Morgan fingerprint density at radius 2 is 2.00 bits per heavy atom. The van der Waals surface area contributed by atoms with Crippen molar-refractivity contribution < 1.29 is 4.74 Å². The first kappa shape index (κ1) is 22.9. The Balaban J connectivity index is 0.00000259. The minimum Gasteiger partial charge on any atom is -0.377 e. The second kappa shape index (κ2) is 8.94. The second-order valence-corrected chi connectivity index (χ2v) is 8.73. The van der Waals surface area contributed by atoms with E-state index >= 15 is 0 Å². The number of hydrogen-bond acceptors (Lipinski definition) is 6. The Morgan fingerprint density at radius 3 is 2.73 bits per heavy atom. The Morgan fingerprint density at radius 1 is 1.18 bits per heavy atom. The minimum absolute atomic E-state index is 0. The normalized spacial score (nSPS) is 16.4. The maximum Gasteiger partial charge on any atom is 0.162 e. The molecule has 5 heterocycles. The molecule has 8 nitrogen and oxygen atoms in total. The molecule has 4 aromatic rings. The Labute approximate surface area is 195 Å². The van der Waals surface area contributed by atoms with E-state index in [9.17, 15) is 0 Å². The van der Waals surface area contributed by atoms with Crippen LogP contribution in [0.25, 0.3) is 33.7 Å². The molecular formula is C25H33N7O. The predicted octanol–water partition coefficient (Wildman–Crippen LogP) is 4.94. The van der Waals surface area contributed by atoms with E-state index < -0.39 is 0 Å². The minimum atomic E-state index is 0. The fraction of sp³-hybridized carbons (Fsp3) is 0.440. The van der Waals surface area contributed by atoms with Gasteiger partial charge < -0.3 is 14.6 Å². The van der Waals surface area contributed by atoms with Crippen LogP contribution in [0.2, 0.25) is 0 Å². The van der Waals surface area contributed by atoms with E-state index in [0.29, 0.717) is 19.0 Å². The van der Waals surface area contributed by atoms with Crippen LogP contribution in [0.3, 0.4) is 0 Å². The topological polar surface area (TPSA) is 84.8 Å². The van der Waals surface area contributed by atoms with Crippen LogP contribution in [0.15, 0.2) is 30.6 Å². The zero-order chi connectivity index (χ0) is 22.4. The predicted molar refractivity (Wildman–Crippen MR) is 133 cm³/mol. The van der Waals surface area contributed by atoms with Crippen molar-refractivity contribution in [2.24, 2.45) is 0 Å². The molecule has 174 valence electrons. The average molecular weight is 448 g/mol. The molecule has 0 amide bonds. The highest BCUT2D eigenvalue weighted by atomic mass is 16.5. The van der Waals surface area contributed by atoms with E-state index in [1.807, 2.05) is 18.3 Å². The Hall–Kier alpha value is -3.26. The van der Waals surface area contributed by atoms with Crippen LogP contribution in [0.5, 0.6) is 0 Å². The molecule has 0 saturated carbocycles. The van der Waals surface area contributed by atoms with Crippen molar-refractivity contribution in [2.75, 3.05) is 24.7 Å². The SMILES string of the molecule is C.Cc1nn(C(C)C)c(C)c1-c1cc(N2CCOC[C@H]2C)nc(-c2ccnc3[nH]ccc23)n1. The monoisotopic (exact) mass is 447 g/mol. The third kappa shape index (κ3) is 3.99. The third-order valence-corrected chi connectivity index (χ3v) is 6.15. The highest BCUT2D eigenvalue weighted by Gasteiger charge is 2.24. The third-order valence-electron chi connectivity index (χ3n) is 6.15. The largest absolute Gasteiger partial charge is 0.377 e. The number of morpholine rings is 1. The smallest absolute Gasteiger partial charge is 0.162 e. The molecule has 4 aromatic heterocycles. The van der Waals surface area contributed by atoms with Crippen molar-refractivity contribution in [3.8, 4) is 22.6 Å². The van der Waals surface area contributed by atoms with Gasteiger partial charge >= 0.3 is 0 Å². The second-order valence-electron chi connectivity index (χ2n) is 8.73. The maximum absolute atomic E-state index is 5.67. The summed E-state index contributed by atoms with van der Waals surface area (Å²) in [6.45, 7) is 12.8. The summed E-state index contributed by atoms with van der Waals surface area (Å²) in [6.07, 6.45) is 3.70. The van der Waals surface area contributed by atoms with Crippen LogP contribution in [-0.2, 0) is 4.74 Å². The van der Waals surface area contributed by atoms with E-state index in [4.69, 9.17) is 19.8 Å². The quantitative estimate of drug-likeness (QED) is 0.477. The van der Waals surface area contributed by atoms with Gasteiger partial charge in [0.15, 0.2) is 5.82 Å². The Bertz CT molecular complexity index is 1270. The molecule has 1 fully saturated rings. The first-order chi connectivity index (χ1) is 15.4. The number of H-pyrrole nitrogens is 1. The Kier molecular flexibility index (Phi) is 6.21. The molecule has 0 aliphatic carbocycles. The number of nitrogens with zero attached hydrogens (tertiary/aromatic N) is 6. The maximum atomic E-state index is 5.67. The van der Waals surface area contributed by atoms with Gasteiger partial charge in [0.25, 0.3) is 0 Å². The summed E-state index contributed by atoms with van der Waals surface area (Å²) in [5.41, 5.74) is 5.85. The van der Waals surface area contributed by atoms with E-state index in [2.05, 4.69) is 60.2 Å². The number of fused-ring (bicyclic) bond motifs is 1. The lowest BCUT2D eigenvalue weighted by Crippen LogP contribution is -2.44. The number of nitrogens with one attached hydrogen (secondary N) is 1. The number of aromatic amines is 1. The highest BCUT2D eigenvalue weighted by Crippen LogP contribution is 2.33. The molecule has 0 radical (unpaired) electrons. The fourth-order valence-electron chi connectivity index (χ4n) is 4.59. The molecule has 1 atom stereocenters. The number of anilines is 1. The van der Waals surface area contributed by atoms with E-state index in [0.717, 1.165) is 51.6 Å². The van der Waals surface area contributed by atoms with Crippen molar-refractivity contribution >= 4 is 16.9 Å². The van der Waals surface area contributed by atoms with Gasteiger partial charge in [-0.05, 0) is 46.8 Å². The molecule has 5 rings (SSSR count). The lowest BCUT2D eigenvalue weighted by atomic mass is 10.1. The van der Waals surface area contributed by atoms with Gasteiger partial charge in [-0.2, -0.15) is 5.10 Å². The van der Waals surface area contributed by atoms with Crippen LogP contribution < -0.4 is 4.90 Å². The lowest BCUT2D eigenvalue weighted by molar-refractivity contribution is 0.0985. The summed E-state index contributed by atoms with van der Waals surface area (Å²) >= 11 is 0. The number of pyridine rings is 1. The standard InChI is InChI=1S/C24H29N7O.CH4/c1-14(2)31-17(5)22(16(4)29-31)20-12-21(30-10-11-32-13-15(30)3)28-24(27-20)19-7-9-26-23-18(19)6-8-25-23;/h6-9,12,14-15H,10-11,13H2,1-5H3,(H,25,26);1H4/t15-;/m1./s1. The number of ether oxygens (including phenoxy) is 1. The van der Waals surface area contributed by atoms with Crippen molar-refractivity contribution in [3.05, 3.63) is 42.0 Å². The van der Waals surface area contributed by atoms with E-state index in [1.54, 1.807) is 6.20 Å². The first-order valence-corrected chi connectivity index (χ1v) is 11.2. The molecule has 1 aliphatic heterocycles. The van der Waals surface area contributed by atoms with Gasteiger partial charge in [0, 0.05) is 53.3 Å². The van der Waals surface area contributed by atoms with Crippen molar-refractivity contribution in [3.63, 3.8) is 0 Å². The zero-order valence-electron chi connectivity index (χ0n) is 19.3. The summed E-state index contributed by atoms with van der Waals surface area (Å²) in [7, 11) is 0. The first-order valence-electron chi connectivity index (χ1n) is 11.2. The number of aryl methyl sites for hydroxylation is 1. The van der Waals surface area contributed by atoms with Crippen LogP contribution in [-0.4, -0.2) is 55.5 Å². The lowest BCUT2D eigenvalue weighted by Gasteiger charge is -2.34.